The third kappa shape index (κ3) is 1.60. The Bertz CT molecular complexity index is 547. The Morgan fingerprint density at radius 2 is 1.81 bits per heavy atom. The van der Waals surface area contributed by atoms with Gasteiger partial charge in [-0.25, -0.2) is 0 Å². The third-order valence-electron chi connectivity index (χ3n) is 2.54. The fourth-order valence-electron chi connectivity index (χ4n) is 1.67. The maximum Gasteiger partial charge on any atom is 0.257 e. The quantitative estimate of drug-likeness (QED) is 0.792. The van der Waals surface area contributed by atoms with Gasteiger partial charge in [-0.2, -0.15) is 0 Å². The van der Waals surface area contributed by atoms with Crippen molar-refractivity contribution in [3.63, 3.8) is 0 Å². The van der Waals surface area contributed by atoms with Crippen LogP contribution in [-0.4, -0.2) is 30.0 Å². The number of amides is 1. The van der Waals surface area contributed by atoms with Crippen molar-refractivity contribution in [2.45, 2.75) is 0 Å². The number of rotatable bonds is 1. The highest BCUT2D eigenvalue weighted by molar-refractivity contribution is 6.03. The van der Waals surface area contributed by atoms with E-state index in [1.165, 1.54) is 4.90 Å². The summed E-state index contributed by atoms with van der Waals surface area (Å²) in [4.78, 5) is 13.2. The Hall–Kier alpha value is -2.03. The van der Waals surface area contributed by atoms with Crippen molar-refractivity contribution in [2.24, 2.45) is 0 Å². The minimum atomic E-state index is -0.191. The molecule has 0 radical (unpaired) electrons. The number of carbonyl (C=O) groups excluding carboxylic acids is 1. The lowest BCUT2D eigenvalue weighted by molar-refractivity contribution is 0.0825. The van der Waals surface area contributed by atoms with Crippen LogP contribution >= 0.6 is 0 Å². The molecule has 0 saturated carbocycles. The summed E-state index contributed by atoms with van der Waals surface area (Å²) in [6.07, 6.45) is 0. The number of phenols is 1. The summed E-state index contributed by atoms with van der Waals surface area (Å²) in [6, 6.07) is 10.9. The Labute approximate surface area is 93.9 Å². The van der Waals surface area contributed by atoms with Crippen LogP contribution in [0.1, 0.15) is 10.4 Å². The van der Waals surface area contributed by atoms with E-state index in [1.807, 2.05) is 24.3 Å². The molecule has 16 heavy (non-hydrogen) atoms. The van der Waals surface area contributed by atoms with Gasteiger partial charge in [-0.05, 0) is 11.5 Å². The van der Waals surface area contributed by atoms with Crippen LogP contribution in [0.25, 0.3) is 10.8 Å². The molecule has 0 bridgehead atoms. The Morgan fingerprint density at radius 1 is 1.12 bits per heavy atom. The summed E-state index contributed by atoms with van der Waals surface area (Å²) in [5.74, 6) is -0.139. The zero-order valence-corrected chi connectivity index (χ0v) is 9.27. The summed E-state index contributed by atoms with van der Waals surface area (Å²) in [5.41, 5.74) is 0.337. The van der Waals surface area contributed by atoms with Gasteiger partial charge in [0.2, 0.25) is 0 Å². The van der Waals surface area contributed by atoms with E-state index in [0.717, 1.165) is 5.39 Å². The maximum atomic E-state index is 11.8. The number of hydrogen-bond acceptors (Lipinski definition) is 2. The van der Waals surface area contributed by atoms with Crippen LogP contribution in [0, 0.1) is 0 Å². The second kappa shape index (κ2) is 3.85. The summed E-state index contributed by atoms with van der Waals surface area (Å²) >= 11 is 0. The van der Waals surface area contributed by atoms with Gasteiger partial charge >= 0.3 is 0 Å². The standard InChI is InChI=1S/C13H13NO2/c1-14(2)13(16)11-8-7-9-5-3-4-6-10(9)12(11)15/h3-8,15H,1-2H3. The highest BCUT2D eigenvalue weighted by Gasteiger charge is 2.14. The summed E-state index contributed by atoms with van der Waals surface area (Å²) < 4.78 is 0. The number of benzene rings is 2. The van der Waals surface area contributed by atoms with Gasteiger partial charge in [0.15, 0.2) is 0 Å². The molecular weight excluding hydrogens is 202 g/mol. The van der Waals surface area contributed by atoms with Crippen molar-refractivity contribution < 1.29 is 9.90 Å². The molecule has 0 atom stereocenters. The van der Waals surface area contributed by atoms with Crippen LogP contribution in [0.5, 0.6) is 5.75 Å². The highest BCUT2D eigenvalue weighted by Crippen LogP contribution is 2.28. The van der Waals surface area contributed by atoms with Gasteiger partial charge in [0, 0.05) is 19.5 Å². The van der Waals surface area contributed by atoms with Crippen LogP contribution in [-0.2, 0) is 0 Å². The van der Waals surface area contributed by atoms with Gasteiger partial charge in [0.1, 0.15) is 5.75 Å². The van der Waals surface area contributed by atoms with E-state index >= 15 is 0 Å². The van der Waals surface area contributed by atoms with E-state index in [9.17, 15) is 9.90 Å². The number of fused-ring (bicyclic) bond motifs is 1. The van der Waals surface area contributed by atoms with Crippen molar-refractivity contribution in [3.05, 3.63) is 42.0 Å². The van der Waals surface area contributed by atoms with Crippen LogP contribution in [0.4, 0.5) is 0 Å². The van der Waals surface area contributed by atoms with Gasteiger partial charge in [-0.1, -0.05) is 30.3 Å². The first-order chi connectivity index (χ1) is 7.61. The molecule has 0 saturated heterocycles. The molecule has 82 valence electrons. The maximum absolute atomic E-state index is 11.8. The number of nitrogens with zero attached hydrogens (tertiary/aromatic N) is 1. The van der Waals surface area contributed by atoms with E-state index in [4.69, 9.17) is 0 Å². The molecule has 0 aliphatic carbocycles. The summed E-state index contributed by atoms with van der Waals surface area (Å²) in [7, 11) is 3.33. The number of hydrogen-bond donors (Lipinski definition) is 1. The lowest BCUT2D eigenvalue weighted by Crippen LogP contribution is -2.21. The van der Waals surface area contributed by atoms with Crippen molar-refractivity contribution in [3.8, 4) is 5.75 Å². The molecule has 0 heterocycles. The van der Waals surface area contributed by atoms with E-state index < -0.39 is 0 Å². The molecule has 2 aromatic rings. The average molecular weight is 215 g/mol. The van der Waals surface area contributed by atoms with Crippen molar-refractivity contribution in [1.29, 1.82) is 0 Å². The van der Waals surface area contributed by atoms with Gasteiger partial charge in [0.25, 0.3) is 5.91 Å². The van der Waals surface area contributed by atoms with Crippen molar-refractivity contribution in [2.75, 3.05) is 14.1 Å². The zero-order valence-electron chi connectivity index (χ0n) is 9.27. The molecule has 1 N–H and O–H groups in total. The van der Waals surface area contributed by atoms with E-state index in [1.54, 1.807) is 26.2 Å². The second-order valence-electron chi connectivity index (χ2n) is 3.88. The zero-order chi connectivity index (χ0) is 11.7. The van der Waals surface area contributed by atoms with Gasteiger partial charge in [0.05, 0.1) is 5.56 Å². The molecule has 1 amide bonds. The van der Waals surface area contributed by atoms with E-state index in [0.29, 0.717) is 10.9 Å². The monoisotopic (exact) mass is 215 g/mol. The minimum Gasteiger partial charge on any atom is -0.506 e. The number of phenolic OH excluding ortho intramolecular Hbond substituents is 1. The van der Waals surface area contributed by atoms with Crippen LogP contribution in [0.3, 0.4) is 0 Å². The van der Waals surface area contributed by atoms with Gasteiger partial charge in [-0.3, -0.25) is 4.79 Å². The molecule has 2 rings (SSSR count). The largest absolute Gasteiger partial charge is 0.506 e. The first-order valence-corrected chi connectivity index (χ1v) is 5.03. The first-order valence-electron chi connectivity index (χ1n) is 5.03. The fraction of sp³-hybridized carbons (Fsp3) is 0.154. The molecule has 2 aromatic carbocycles. The molecule has 0 aliphatic heterocycles. The summed E-state index contributed by atoms with van der Waals surface area (Å²) in [5, 5.41) is 11.7. The van der Waals surface area contributed by atoms with Crippen molar-refractivity contribution in [1.82, 2.24) is 4.90 Å². The smallest absolute Gasteiger partial charge is 0.257 e. The van der Waals surface area contributed by atoms with Gasteiger partial charge < -0.3 is 10.0 Å². The number of carbonyl (C=O) groups is 1. The lowest BCUT2D eigenvalue weighted by Gasteiger charge is -2.12. The van der Waals surface area contributed by atoms with Crippen LogP contribution < -0.4 is 0 Å². The molecular formula is C13H13NO2. The number of aromatic hydroxyl groups is 1. The molecule has 0 aliphatic rings. The lowest BCUT2D eigenvalue weighted by atomic mass is 10.0. The SMILES string of the molecule is CN(C)C(=O)c1ccc2ccccc2c1O. The fourth-order valence-corrected chi connectivity index (χ4v) is 1.67. The molecule has 3 nitrogen and oxygen atoms in total. The average Bonchev–Trinajstić information content (AvgIpc) is 2.29. The topological polar surface area (TPSA) is 40.5 Å². The van der Waals surface area contributed by atoms with Crippen LogP contribution in [0.2, 0.25) is 0 Å². The second-order valence-corrected chi connectivity index (χ2v) is 3.88. The normalized spacial score (nSPS) is 10.4. The molecule has 0 spiro atoms. The van der Waals surface area contributed by atoms with E-state index in [-0.39, 0.29) is 11.7 Å². The molecule has 0 unspecified atom stereocenters. The predicted molar refractivity (Wildman–Crippen MR) is 63.6 cm³/mol. The first kappa shape index (κ1) is 10.5. The molecule has 0 aromatic heterocycles. The highest BCUT2D eigenvalue weighted by atomic mass is 16.3. The van der Waals surface area contributed by atoms with Crippen molar-refractivity contribution >= 4 is 16.7 Å². The Balaban J connectivity index is 2.65. The molecule has 3 heteroatoms. The van der Waals surface area contributed by atoms with Gasteiger partial charge in [-0.15, -0.1) is 0 Å². The summed E-state index contributed by atoms with van der Waals surface area (Å²) in [6.45, 7) is 0. The van der Waals surface area contributed by atoms with Crippen LogP contribution in [0.15, 0.2) is 36.4 Å². The Kier molecular flexibility index (Phi) is 2.52. The Morgan fingerprint density at radius 3 is 2.50 bits per heavy atom. The predicted octanol–water partition coefficient (Wildman–Crippen LogP) is 2.25. The van der Waals surface area contributed by atoms with E-state index in [2.05, 4.69) is 0 Å². The molecule has 0 fully saturated rings. The third-order valence-corrected chi connectivity index (χ3v) is 2.54. The minimum absolute atomic E-state index is 0.0526.